The Bertz CT molecular complexity index is 1140. The molecule has 2 aliphatic rings. The molecule has 8 heteroatoms. The van der Waals surface area contributed by atoms with Crippen LogP contribution in [0.2, 0.25) is 5.02 Å². The Morgan fingerprint density at radius 2 is 1.91 bits per heavy atom. The highest BCUT2D eigenvalue weighted by Gasteiger charge is 2.27. The van der Waals surface area contributed by atoms with E-state index in [0.717, 1.165) is 61.7 Å². The molecule has 6 nitrogen and oxygen atoms in total. The summed E-state index contributed by atoms with van der Waals surface area (Å²) < 4.78 is 1.81. The third-order valence-electron chi connectivity index (χ3n) is 6.36. The van der Waals surface area contributed by atoms with E-state index in [2.05, 4.69) is 50.5 Å². The van der Waals surface area contributed by atoms with Crippen LogP contribution in [0, 0.1) is 0 Å². The second kappa shape index (κ2) is 9.79. The summed E-state index contributed by atoms with van der Waals surface area (Å²) >= 11 is 7.96. The van der Waals surface area contributed by atoms with Gasteiger partial charge in [-0.25, -0.2) is 0 Å². The Kier molecular flexibility index (Phi) is 6.62. The van der Waals surface area contributed by atoms with Crippen molar-refractivity contribution in [2.75, 3.05) is 44.2 Å². The summed E-state index contributed by atoms with van der Waals surface area (Å²) in [6.07, 6.45) is 0.930. The lowest BCUT2D eigenvalue weighted by Crippen LogP contribution is -2.47. The fourth-order valence-corrected chi connectivity index (χ4v) is 5.86. The molecule has 1 saturated heterocycles. The Hall–Kier alpha value is -2.48. The summed E-state index contributed by atoms with van der Waals surface area (Å²) in [6.45, 7) is 5.83. The molecule has 1 N–H and O–H groups in total. The largest absolute Gasteiger partial charge is 0.369 e. The maximum Gasteiger partial charge on any atom is 0.272 e. The molecular formula is C25H28ClN5OS. The number of rotatable bonds is 6. The van der Waals surface area contributed by atoms with Crippen LogP contribution in [0.15, 0.2) is 53.4 Å². The molecule has 2 aliphatic heterocycles. The summed E-state index contributed by atoms with van der Waals surface area (Å²) in [7, 11) is 1.89. The zero-order valence-electron chi connectivity index (χ0n) is 18.8. The number of hydrogen-bond acceptors (Lipinski definition) is 5. The van der Waals surface area contributed by atoms with Crippen molar-refractivity contribution in [3.05, 3.63) is 64.8 Å². The highest BCUT2D eigenvalue weighted by molar-refractivity contribution is 7.98. The Morgan fingerprint density at radius 1 is 1.12 bits per heavy atom. The summed E-state index contributed by atoms with van der Waals surface area (Å²) in [5, 5.41) is 8.34. The minimum absolute atomic E-state index is 0.0909. The van der Waals surface area contributed by atoms with E-state index >= 15 is 0 Å². The number of aryl methyl sites for hydroxylation is 1. The maximum atomic E-state index is 12.9. The smallest absolute Gasteiger partial charge is 0.272 e. The van der Waals surface area contributed by atoms with Crippen LogP contribution in [-0.4, -0.2) is 59.9 Å². The second-order valence-electron chi connectivity index (χ2n) is 8.50. The number of carbonyl (C=O) groups is 1. The third kappa shape index (κ3) is 4.76. The molecule has 0 saturated carbocycles. The van der Waals surface area contributed by atoms with Crippen molar-refractivity contribution in [2.24, 2.45) is 7.05 Å². The molecule has 0 radical (unpaired) electrons. The number of piperazine rings is 1. The molecule has 1 amide bonds. The van der Waals surface area contributed by atoms with Crippen LogP contribution in [0.5, 0.6) is 0 Å². The first kappa shape index (κ1) is 22.3. The van der Waals surface area contributed by atoms with E-state index in [0.29, 0.717) is 17.3 Å². The van der Waals surface area contributed by atoms with Gasteiger partial charge in [-0.05, 0) is 43.3 Å². The van der Waals surface area contributed by atoms with Crippen LogP contribution in [0.1, 0.15) is 22.5 Å². The Balaban J connectivity index is 1.13. The van der Waals surface area contributed by atoms with Crippen LogP contribution < -0.4 is 10.2 Å². The minimum atomic E-state index is -0.0909. The lowest BCUT2D eigenvalue weighted by Gasteiger charge is -2.36. The van der Waals surface area contributed by atoms with E-state index in [-0.39, 0.29) is 5.91 Å². The van der Waals surface area contributed by atoms with Crippen molar-refractivity contribution < 1.29 is 4.79 Å². The zero-order valence-corrected chi connectivity index (χ0v) is 20.3. The molecule has 1 fully saturated rings. The fourth-order valence-electron chi connectivity index (χ4n) is 4.64. The van der Waals surface area contributed by atoms with Crippen molar-refractivity contribution in [3.63, 3.8) is 0 Å². The van der Waals surface area contributed by atoms with Gasteiger partial charge in [0.15, 0.2) is 5.69 Å². The molecule has 33 heavy (non-hydrogen) atoms. The number of benzene rings is 2. The average Bonchev–Trinajstić information content (AvgIpc) is 3.19. The molecule has 2 aromatic carbocycles. The first-order valence-electron chi connectivity index (χ1n) is 11.4. The van der Waals surface area contributed by atoms with Gasteiger partial charge >= 0.3 is 0 Å². The van der Waals surface area contributed by atoms with Gasteiger partial charge in [0, 0.05) is 72.3 Å². The lowest BCUT2D eigenvalue weighted by molar-refractivity contribution is 0.0945. The minimum Gasteiger partial charge on any atom is -0.369 e. The van der Waals surface area contributed by atoms with Crippen molar-refractivity contribution in [3.8, 4) is 11.3 Å². The van der Waals surface area contributed by atoms with Crippen molar-refractivity contribution in [2.45, 2.75) is 17.1 Å². The third-order valence-corrected chi connectivity index (χ3v) is 7.69. The molecular weight excluding hydrogens is 454 g/mol. The van der Waals surface area contributed by atoms with E-state index in [1.54, 1.807) is 11.8 Å². The number of carbonyl (C=O) groups excluding carboxylic acids is 1. The average molecular weight is 482 g/mol. The van der Waals surface area contributed by atoms with Crippen molar-refractivity contribution in [1.82, 2.24) is 20.0 Å². The predicted octanol–water partition coefficient (Wildman–Crippen LogP) is 4.29. The summed E-state index contributed by atoms with van der Waals surface area (Å²) in [5.74, 6) is 0.651. The number of thioether (sulfide) groups is 1. The van der Waals surface area contributed by atoms with Crippen molar-refractivity contribution >= 4 is 35.0 Å². The number of aromatic nitrogens is 2. The number of para-hydroxylation sites is 1. The summed E-state index contributed by atoms with van der Waals surface area (Å²) in [5.41, 5.74) is 4.87. The molecule has 0 atom stereocenters. The van der Waals surface area contributed by atoms with Gasteiger partial charge in [0.25, 0.3) is 5.91 Å². The van der Waals surface area contributed by atoms with Gasteiger partial charge in [-0.1, -0.05) is 29.8 Å². The Morgan fingerprint density at radius 3 is 2.70 bits per heavy atom. The van der Waals surface area contributed by atoms with E-state index in [4.69, 9.17) is 11.6 Å². The SMILES string of the molecule is Cn1nc(C(=O)NCCCN2CCN(c3ccccc3)CC2)c2c1-c1cc(Cl)ccc1SC2. The van der Waals surface area contributed by atoms with E-state index in [1.807, 2.05) is 29.9 Å². The fraction of sp³-hybridized carbons (Fsp3) is 0.360. The summed E-state index contributed by atoms with van der Waals surface area (Å²) in [6, 6.07) is 16.5. The van der Waals surface area contributed by atoms with Gasteiger partial charge in [0.2, 0.25) is 0 Å². The first-order chi connectivity index (χ1) is 16.1. The molecule has 172 valence electrons. The standard InChI is InChI=1S/C25H28ClN5OS/c1-29-24-20-16-18(26)8-9-22(20)33-17-21(24)23(28-29)25(32)27-10-5-11-30-12-14-31(15-13-30)19-6-3-2-4-7-19/h2-4,6-9,16H,5,10-15,17H2,1H3,(H,27,32). The molecule has 3 heterocycles. The van der Waals surface area contributed by atoms with E-state index in [9.17, 15) is 4.79 Å². The molecule has 0 unspecified atom stereocenters. The number of amides is 1. The van der Waals surface area contributed by atoms with Crippen LogP contribution in [-0.2, 0) is 12.8 Å². The molecule has 1 aromatic heterocycles. The molecule has 5 rings (SSSR count). The van der Waals surface area contributed by atoms with Crippen LogP contribution in [0.3, 0.4) is 0 Å². The van der Waals surface area contributed by atoms with Crippen LogP contribution in [0.4, 0.5) is 5.69 Å². The lowest BCUT2D eigenvalue weighted by atomic mass is 10.1. The van der Waals surface area contributed by atoms with E-state index < -0.39 is 0 Å². The normalized spacial score (nSPS) is 15.8. The van der Waals surface area contributed by atoms with Gasteiger partial charge in [-0.15, -0.1) is 11.8 Å². The molecule has 0 aliphatic carbocycles. The Labute approximate surface area is 203 Å². The first-order valence-corrected chi connectivity index (χ1v) is 12.8. The molecule has 3 aromatic rings. The van der Waals surface area contributed by atoms with Crippen LogP contribution in [0.25, 0.3) is 11.3 Å². The second-order valence-corrected chi connectivity index (χ2v) is 9.96. The zero-order chi connectivity index (χ0) is 22.8. The number of anilines is 1. The van der Waals surface area contributed by atoms with Gasteiger partial charge in [-0.2, -0.15) is 5.10 Å². The quantitative estimate of drug-likeness (QED) is 0.532. The summed E-state index contributed by atoms with van der Waals surface area (Å²) in [4.78, 5) is 19.0. The van der Waals surface area contributed by atoms with Gasteiger partial charge in [-0.3, -0.25) is 14.4 Å². The van der Waals surface area contributed by atoms with Crippen LogP contribution >= 0.6 is 23.4 Å². The number of halogens is 1. The van der Waals surface area contributed by atoms with Gasteiger partial charge in [0.1, 0.15) is 0 Å². The highest BCUT2D eigenvalue weighted by Crippen LogP contribution is 2.43. The number of nitrogens with zero attached hydrogens (tertiary/aromatic N) is 4. The van der Waals surface area contributed by atoms with Gasteiger partial charge < -0.3 is 10.2 Å². The van der Waals surface area contributed by atoms with Crippen molar-refractivity contribution in [1.29, 1.82) is 0 Å². The van der Waals surface area contributed by atoms with Gasteiger partial charge in [0.05, 0.1) is 5.69 Å². The number of nitrogens with one attached hydrogen (secondary N) is 1. The predicted molar refractivity (Wildman–Crippen MR) is 135 cm³/mol. The number of fused-ring (bicyclic) bond motifs is 3. The highest BCUT2D eigenvalue weighted by atomic mass is 35.5. The molecule has 0 bridgehead atoms. The topological polar surface area (TPSA) is 53.4 Å². The monoisotopic (exact) mass is 481 g/mol. The maximum absolute atomic E-state index is 12.9. The number of hydrogen-bond donors (Lipinski definition) is 1. The molecule has 0 spiro atoms. The van der Waals surface area contributed by atoms with E-state index in [1.165, 1.54) is 10.6 Å².